The fourth-order valence-corrected chi connectivity index (χ4v) is 3.13. The van der Waals surface area contributed by atoms with Gasteiger partial charge >= 0.3 is 0 Å². The summed E-state index contributed by atoms with van der Waals surface area (Å²) in [6.45, 7) is 7.02. The van der Waals surface area contributed by atoms with Crippen molar-refractivity contribution in [2.75, 3.05) is 33.7 Å². The Kier molecular flexibility index (Phi) is 6.27. The molecule has 0 spiro atoms. The second-order valence-electron chi connectivity index (χ2n) is 6.23. The van der Waals surface area contributed by atoms with E-state index in [1.54, 1.807) is 4.90 Å². The van der Waals surface area contributed by atoms with Crippen LogP contribution in [0.3, 0.4) is 0 Å². The lowest BCUT2D eigenvalue weighted by Crippen LogP contribution is -2.56. The van der Waals surface area contributed by atoms with Crippen molar-refractivity contribution >= 4 is 5.91 Å². The number of hydrogen-bond donors (Lipinski definition) is 1. The van der Waals surface area contributed by atoms with Crippen LogP contribution in [0.1, 0.15) is 46.0 Å². The zero-order chi connectivity index (χ0) is 14.5. The maximum atomic E-state index is 11.8. The molecular formula is C15H31N3O. The molecule has 1 rings (SSSR count). The highest BCUT2D eigenvalue weighted by atomic mass is 16.2. The fourth-order valence-electron chi connectivity index (χ4n) is 3.13. The van der Waals surface area contributed by atoms with Crippen LogP contribution in [-0.2, 0) is 4.79 Å². The van der Waals surface area contributed by atoms with Crippen molar-refractivity contribution in [3.8, 4) is 0 Å². The monoisotopic (exact) mass is 269 g/mol. The fraction of sp³-hybridized carbons (Fsp3) is 0.933. The van der Waals surface area contributed by atoms with Crippen molar-refractivity contribution < 1.29 is 4.79 Å². The quantitative estimate of drug-likeness (QED) is 0.798. The van der Waals surface area contributed by atoms with E-state index in [0.29, 0.717) is 13.0 Å². The zero-order valence-corrected chi connectivity index (χ0v) is 13.1. The third-order valence-electron chi connectivity index (χ3n) is 4.73. The van der Waals surface area contributed by atoms with E-state index in [0.717, 1.165) is 19.0 Å². The molecule has 0 atom stereocenters. The average molecular weight is 269 g/mol. The van der Waals surface area contributed by atoms with Crippen LogP contribution in [0.2, 0.25) is 0 Å². The number of carbonyl (C=O) groups excluding carboxylic acids is 1. The number of likely N-dealkylation sites (N-methyl/N-ethyl adjacent to an activating group) is 1. The van der Waals surface area contributed by atoms with E-state index in [2.05, 4.69) is 18.7 Å². The van der Waals surface area contributed by atoms with Crippen LogP contribution in [0.25, 0.3) is 0 Å². The van der Waals surface area contributed by atoms with Crippen LogP contribution in [0.4, 0.5) is 0 Å². The van der Waals surface area contributed by atoms with Crippen LogP contribution in [0.15, 0.2) is 0 Å². The maximum absolute atomic E-state index is 11.8. The molecule has 1 saturated carbocycles. The van der Waals surface area contributed by atoms with Crippen molar-refractivity contribution in [3.05, 3.63) is 0 Å². The van der Waals surface area contributed by atoms with Crippen LogP contribution < -0.4 is 5.73 Å². The number of nitrogens with zero attached hydrogens (tertiary/aromatic N) is 2. The van der Waals surface area contributed by atoms with Gasteiger partial charge in [0.2, 0.25) is 5.91 Å². The maximum Gasteiger partial charge on any atom is 0.223 e. The molecule has 1 aliphatic rings. The van der Waals surface area contributed by atoms with E-state index < -0.39 is 0 Å². The number of rotatable bonds is 6. The summed E-state index contributed by atoms with van der Waals surface area (Å²) in [6.07, 6.45) is 5.46. The van der Waals surface area contributed by atoms with Crippen molar-refractivity contribution in [1.82, 2.24) is 9.80 Å². The smallest absolute Gasteiger partial charge is 0.223 e. The van der Waals surface area contributed by atoms with E-state index in [-0.39, 0.29) is 11.4 Å². The predicted molar refractivity (Wildman–Crippen MR) is 80.0 cm³/mol. The van der Waals surface area contributed by atoms with Gasteiger partial charge in [-0.1, -0.05) is 13.8 Å². The SMILES string of the molecule is CCN(CCC(=O)N(C)C)C1(CN)CCC(C)CC1. The molecule has 0 unspecified atom stereocenters. The molecule has 112 valence electrons. The summed E-state index contributed by atoms with van der Waals surface area (Å²) >= 11 is 0. The van der Waals surface area contributed by atoms with Gasteiger partial charge in [0.05, 0.1) is 0 Å². The van der Waals surface area contributed by atoms with Gasteiger partial charge in [-0.3, -0.25) is 9.69 Å². The molecule has 0 saturated heterocycles. The van der Waals surface area contributed by atoms with Gasteiger partial charge in [0, 0.05) is 39.1 Å². The van der Waals surface area contributed by atoms with E-state index in [9.17, 15) is 4.79 Å². The molecule has 19 heavy (non-hydrogen) atoms. The highest BCUT2D eigenvalue weighted by Crippen LogP contribution is 2.35. The van der Waals surface area contributed by atoms with Gasteiger partial charge in [-0.05, 0) is 38.1 Å². The Balaban J connectivity index is 2.63. The molecule has 0 heterocycles. The lowest BCUT2D eigenvalue weighted by atomic mass is 9.76. The summed E-state index contributed by atoms with van der Waals surface area (Å²) in [6, 6.07) is 0. The summed E-state index contributed by atoms with van der Waals surface area (Å²) in [7, 11) is 3.64. The van der Waals surface area contributed by atoms with Crippen LogP contribution in [-0.4, -0.2) is 55.0 Å². The lowest BCUT2D eigenvalue weighted by Gasteiger charge is -2.47. The van der Waals surface area contributed by atoms with E-state index in [1.165, 1.54) is 25.7 Å². The van der Waals surface area contributed by atoms with Gasteiger partial charge in [-0.15, -0.1) is 0 Å². The molecule has 0 radical (unpaired) electrons. The Bertz CT molecular complexity index is 283. The Morgan fingerprint density at radius 1 is 1.32 bits per heavy atom. The standard InChI is InChI=1S/C15H31N3O/c1-5-18(11-8-14(19)17(3)4)15(12-16)9-6-13(2)7-10-15/h13H,5-12,16H2,1-4H3. The first-order valence-corrected chi connectivity index (χ1v) is 7.60. The topological polar surface area (TPSA) is 49.6 Å². The average Bonchev–Trinajstić information content (AvgIpc) is 2.41. The minimum atomic E-state index is 0.133. The molecule has 0 aromatic rings. The van der Waals surface area contributed by atoms with Crippen molar-refractivity contribution in [2.24, 2.45) is 11.7 Å². The van der Waals surface area contributed by atoms with Crippen molar-refractivity contribution in [2.45, 2.75) is 51.5 Å². The molecule has 0 aromatic carbocycles. The Labute approximate surface area is 118 Å². The van der Waals surface area contributed by atoms with Crippen LogP contribution in [0, 0.1) is 5.92 Å². The summed E-state index contributed by atoms with van der Waals surface area (Å²) in [5.74, 6) is 1.02. The third kappa shape index (κ3) is 4.18. The van der Waals surface area contributed by atoms with Crippen LogP contribution >= 0.6 is 0 Å². The van der Waals surface area contributed by atoms with Crippen molar-refractivity contribution in [3.63, 3.8) is 0 Å². The third-order valence-corrected chi connectivity index (χ3v) is 4.73. The summed E-state index contributed by atoms with van der Waals surface area (Å²) in [5, 5.41) is 0. The second kappa shape index (κ2) is 7.25. The highest BCUT2D eigenvalue weighted by molar-refractivity contribution is 5.75. The van der Waals surface area contributed by atoms with Gasteiger partial charge in [0.1, 0.15) is 0 Å². The first kappa shape index (κ1) is 16.4. The van der Waals surface area contributed by atoms with E-state index in [4.69, 9.17) is 5.73 Å². The van der Waals surface area contributed by atoms with E-state index in [1.807, 2.05) is 14.1 Å². The number of hydrogen-bond acceptors (Lipinski definition) is 3. The Morgan fingerprint density at radius 3 is 2.32 bits per heavy atom. The molecular weight excluding hydrogens is 238 g/mol. The number of carbonyl (C=O) groups is 1. The first-order chi connectivity index (χ1) is 8.95. The normalized spacial score (nSPS) is 27.6. The predicted octanol–water partition coefficient (Wildman–Crippen LogP) is 1.69. The van der Waals surface area contributed by atoms with Gasteiger partial charge in [-0.2, -0.15) is 0 Å². The first-order valence-electron chi connectivity index (χ1n) is 7.60. The second-order valence-corrected chi connectivity index (χ2v) is 6.23. The molecule has 4 heteroatoms. The number of nitrogens with two attached hydrogens (primary N) is 1. The zero-order valence-electron chi connectivity index (χ0n) is 13.1. The van der Waals surface area contributed by atoms with Gasteiger partial charge < -0.3 is 10.6 Å². The molecule has 1 fully saturated rings. The van der Waals surface area contributed by atoms with Gasteiger partial charge in [0.25, 0.3) is 0 Å². The minimum absolute atomic E-state index is 0.133. The van der Waals surface area contributed by atoms with Crippen LogP contribution in [0.5, 0.6) is 0 Å². The summed E-state index contributed by atoms with van der Waals surface area (Å²) in [4.78, 5) is 15.9. The molecule has 1 amide bonds. The molecule has 0 bridgehead atoms. The molecule has 4 nitrogen and oxygen atoms in total. The molecule has 1 aliphatic carbocycles. The molecule has 2 N–H and O–H groups in total. The van der Waals surface area contributed by atoms with E-state index >= 15 is 0 Å². The number of amides is 1. The highest BCUT2D eigenvalue weighted by Gasteiger charge is 2.37. The molecule has 0 aliphatic heterocycles. The largest absolute Gasteiger partial charge is 0.349 e. The van der Waals surface area contributed by atoms with Gasteiger partial charge in [0.15, 0.2) is 0 Å². The summed E-state index contributed by atoms with van der Waals surface area (Å²) in [5.41, 5.74) is 6.22. The summed E-state index contributed by atoms with van der Waals surface area (Å²) < 4.78 is 0. The van der Waals surface area contributed by atoms with Gasteiger partial charge in [-0.25, -0.2) is 0 Å². The Morgan fingerprint density at radius 2 is 1.89 bits per heavy atom. The Hall–Kier alpha value is -0.610. The molecule has 0 aromatic heterocycles. The lowest BCUT2D eigenvalue weighted by molar-refractivity contribution is -0.129. The minimum Gasteiger partial charge on any atom is -0.349 e. The van der Waals surface area contributed by atoms with Crippen molar-refractivity contribution in [1.29, 1.82) is 0 Å².